The van der Waals surface area contributed by atoms with Gasteiger partial charge in [-0.15, -0.1) is 5.10 Å². The molecule has 0 aliphatic heterocycles. The summed E-state index contributed by atoms with van der Waals surface area (Å²) in [5.74, 6) is 0.421. The summed E-state index contributed by atoms with van der Waals surface area (Å²) < 4.78 is 7.06. The lowest BCUT2D eigenvalue weighted by atomic mass is 10.1. The number of rotatable bonds is 3. The number of carbonyl (C=O) groups excluding carboxylic acids is 1. The van der Waals surface area contributed by atoms with Crippen LogP contribution < -0.4 is 0 Å². The van der Waals surface area contributed by atoms with Gasteiger partial charge in [0.1, 0.15) is 5.60 Å². The molecule has 1 aromatic carbocycles. The molecule has 3 aromatic rings. The van der Waals surface area contributed by atoms with E-state index in [1.165, 1.54) is 0 Å². The second-order valence-electron chi connectivity index (χ2n) is 6.40. The van der Waals surface area contributed by atoms with Crippen molar-refractivity contribution in [1.29, 1.82) is 0 Å². The van der Waals surface area contributed by atoms with Crippen LogP contribution >= 0.6 is 0 Å². The molecule has 0 bridgehead atoms. The van der Waals surface area contributed by atoms with E-state index in [9.17, 15) is 4.79 Å². The van der Waals surface area contributed by atoms with E-state index in [1.54, 1.807) is 4.52 Å². The summed E-state index contributed by atoms with van der Waals surface area (Å²) in [7, 11) is 0. The summed E-state index contributed by atoms with van der Waals surface area (Å²) in [5.41, 5.74) is 2.06. The first-order valence-electron chi connectivity index (χ1n) is 7.53. The molecule has 0 saturated carbocycles. The Balaban J connectivity index is 1.84. The number of esters is 1. The molecule has 0 fully saturated rings. The largest absolute Gasteiger partial charge is 0.460 e. The average molecular weight is 309 g/mol. The summed E-state index contributed by atoms with van der Waals surface area (Å²) in [6.07, 6.45) is 2.04. The Morgan fingerprint density at radius 2 is 1.91 bits per heavy atom. The van der Waals surface area contributed by atoms with E-state index < -0.39 is 5.60 Å². The quantitative estimate of drug-likeness (QED) is 0.697. The molecule has 5 heteroatoms. The molecule has 2 aromatic heterocycles. The van der Waals surface area contributed by atoms with Crippen LogP contribution in [0.4, 0.5) is 0 Å². The first-order valence-corrected chi connectivity index (χ1v) is 7.53. The summed E-state index contributed by atoms with van der Waals surface area (Å²) >= 11 is 0. The Labute approximate surface area is 134 Å². The molecule has 0 saturated heterocycles. The molecule has 0 radical (unpaired) electrons. The lowest BCUT2D eigenvalue weighted by molar-refractivity contribution is -0.153. The first-order chi connectivity index (χ1) is 10.9. The highest BCUT2D eigenvalue weighted by atomic mass is 16.6. The summed E-state index contributed by atoms with van der Waals surface area (Å²) in [5, 5.41) is 4.45. The number of carbonyl (C=O) groups is 1. The van der Waals surface area contributed by atoms with E-state index in [4.69, 9.17) is 4.74 Å². The van der Waals surface area contributed by atoms with Crippen molar-refractivity contribution >= 4 is 11.6 Å². The van der Waals surface area contributed by atoms with E-state index in [0.717, 1.165) is 11.1 Å². The minimum absolute atomic E-state index is 0.224. The van der Waals surface area contributed by atoms with Gasteiger partial charge in [-0.2, -0.15) is 0 Å². The number of hydrogen-bond donors (Lipinski definition) is 0. The van der Waals surface area contributed by atoms with Crippen molar-refractivity contribution in [3.63, 3.8) is 0 Å². The van der Waals surface area contributed by atoms with Crippen LogP contribution in [0.1, 0.15) is 26.3 Å². The molecule has 0 amide bonds. The molecule has 118 valence electrons. The van der Waals surface area contributed by atoms with Gasteiger partial charge in [0.25, 0.3) is 0 Å². The van der Waals surface area contributed by atoms with Gasteiger partial charge in [0.15, 0.2) is 11.5 Å². The number of ether oxygens (including phenoxy) is 1. The molecule has 0 N–H and O–H groups in total. The van der Waals surface area contributed by atoms with Gasteiger partial charge < -0.3 is 4.74 Å². The second-order valence-corrected chi connectivity index (χ2v) is 6.40. The van der Waals surface area contributed by atoms with Crippen LogP contribution in [-0.2, 0) is 16.0 Å². The van der Waals surface area contributed by atoms with E-state index in [0.29, 0.717) is 11.5 Å². The Hall–Kier alpha value is -2.69. The highest BCUT2D eigenvalue weighted by Crippen LogP contribution is 2.17. The smallest absolute Gasteiger partial charge is 0.310 e. The predicted octanol–water partition coefficient (Wildman–Crippen LogP) is 3.28. The maximum Gasteiger partial charge on any atom is 0.310 e. The number of benzene rings is 1. The van der Waals surface area contributed by atoms with Crippen LogP contribution in [0.25, 0.3) is 17.0 Å². The third-order valence-electron chi connectivity index (χ3n) is 3.20. The number of aromatic nitrogens is 3. The van der Waals surface area contributed by atoms with Gasteiger partial charge in [0.05, 0.1) is 6.42 Å². The molecule has 0 aliphatic carbocycles. The van der Waals surface area contributed by atoms with Gasteiger partial charge in [-0.05, 0) is 38.5 Å². The fourth-order valence-electron chi connectivity index (χ4n) is 2.29. The van der Waals surface area contributed by atoms with Crippen molar-refractivity contribution in [2.24, 2.45) is 0 Å². The molecule has 5 nitrogen and oxygen atoms in total. The number of hydrogen-bond acceptors (Lipinski definition) is 4. The highest BCUT2D eigenvalue weighted by Gasteiger charge is 2.17. The maximum atomic E-state index is 11.9. The molecule has 23 heavy (non-hydrogen) atoms. The van der Waals surface area contributed by atoms with Crippen molar-refractivity contribution in [2.75, 3.05) is 0 Å². The lowest BCUT2D eigenvalue weighted by Gasteiger charge is -2.19. The van der Waals surface area contributed by atoms with Crippen LogP contribution in [0.15, 0.2) is 48.7 Å². The molecule has 3 rings (SSSR count). The zero-order valence-corrected chi connectivity index (χ0v) is 13.5. The third-order valence-corrected chi connectivity index (χ3v) is 3.20. The molecular formula is C18H19N3O2. The predicted molar refractivity (Wildman–Crippen MR) is 88.0 cm³/mol. The summed E-state index contributed by atoms with van der Waals surface area (Å²) in [4.78, 5) is 16.5. The van der Waals surface area contributed by atoms with Gasteiger partial charge in [0, 0.05) is 11.8 Å². The minimum atomic E-state index is -0.476. The van der Waals surface area contributed by atoms with Crippen LogP contribution in [0.5, 0.6) is 0 Å². The maximum absolute atomic E-state index is 11.9. The van der Waals surface area contributed by atoms with Crippen molar-refractivity contribution in [2.45, 2.75) is 32.8 Å². The van der Waals surface area contributed by atoms with Crippen LogP contribution in [0.3, 0.4) is 0 Å². The molecule has 0 atom stereocenters. The van der Waals surface area contributed by atoms with E-state index in [1.807, 2.05) is 69.4 Å². The minimum Gasteiger partial charge on any atom is -0.460 e. The molecule has 2 heterocycles. The number of pyridine rings is 1. The van der Waals surface area contributed by atoms with Gasteiger partial charge >= 0.3 is 5.97 Å². The Kier molecular flexibility index (Phi) is 3.86. The monoisotopic (exact) mass is 309 g/mol. The highest BCUT2D eigenvalue weighted by molar-refractivity contribution is 5.73. The van der Waals surface area contributed by atoms with Crippen molar-refractivity contribution in [1.82, 2.24) is 14.6 Å². The SMILES string of the molecule is CC(C)(C)OC(=O)Cc1ccn2nc(-c3ccccc3)nc2c1. The van der Waals surface area contributed by atoms with Crippen LogP contribution in [-0.4, -0.2) is 26.2 Å². The lowest BCUT2D eigenvalue weighted by Crippen LogP contribution is -2.24. The zero-order chi connectivity index (χ0) is 16.4. The summed E-state index contributed by atoms with van der Waals surface area (Å²) in [6, 6.07) is 13.5. The van der Waals surface area contributed by atoms with Crippen LogP contribution in [0, 0.1) is 0 Å². The second kappa shape index (κ2) is 5.83. The van der Waals surface area contributed by atoms with E-state index in [2.05, 4.69) is 10.1 Å². The van der Waals surface area contributed by atoms with Gasteiger partial charge in [-0.1, -0.05) is 30.3 Å². The molecule has 0 unspecified atom stereocenters. The normalized spacial score (nSPS) is 11.6. The molecule has 0 aliphatic rings. The molecule has 0 spiro atoms. The standard InChI is InChI=1S/C18H19N3O2/c1-18(2,3)23-16(22)12-13-9-10-21-15(11-13)19-17(20-21)14-7-5-4-6-8-14/h4-11H,12H2,1-3H3. The summed E-state index contributed by atoms with van der Waals surface area (Å²) in [6.45, 7) is 5.58. The fraction of sp³-hybridized carbons (Fsp3) is 0.278. The van der Waals surface area contributed by atoms with Crippen LogP contribution in [0.2, 0.25) is 0 Å². The van der Waals surface area contributed by atoms with Crippen molar-refractivity contribution in [3.8, 4) is 11.4 Å². The third kappa shape index (κ3) is 3.74. The Morgan fingerprint density at radius 3 is 2.61 bits per heavy atom. The Bertz CT molecular complexity index is 832. The number of fused-ring (bicyclic) bond motifs is 1. The Morgan fingerprint density at radius 1 is 1.17 bits per heavy atom. The van der Waals surface area contributed by atoms with E-state index >= 15 is 0 Å². The fourth-order valence-corrected chi connectivity index (χ4v) is 2.29. The van der Waals surface area contributed by atoms with Crippen molar-refractivity contribution in [3.05, 3.63) is 54.2 Å². The van der Waals surface area contributed by atoms with Crippen molar-refractivity contribution < 1.29 is 9.53 Å². The zero-order valence-electron chi connectivity index (χ0n) is 13.5. The number of nitrogens with zero attached hydrogens (tertiary/aromatic N) is 3. The van der Waals surface area contributed by atoms with Gasteiger partial charge in [0.2, 0.25) is 0 Å². The van der Waals surface area contributed by atoms with E-state index in [-0.39, 0.29) is 12.4 Å². The van der Waals surface area contributed by atoms with Gasteiger partial charge in [-0.3, -0.25) is 4.79 Å². The molecular weight excluding hydrogens is 290 g/mol. The average Bonchev–Trinajstić information content (AvgIpc) is 2.89. The van der Waals surface area contributed by atoms with Gasteiger partial charge in [-0.25, -0.2) is 9.50 Å². The topological polar surface area (TPSA) is 56.5 Å². The first kappa shape index (κ1) is 15.2.